The van der Waals surface area contributed by atoms with Gasteiger partial charge in [-0.05, 0) is 68.0 Å². The molecule has 2 aliphatic rings. The monoisotopic (exact) mass is 458 g/mol. The van der Waals surface area contributed by atoms with Crippen LogP contribution in [-0.2, 0) is 38.1 Å². The third-order valence-corrected chi connectivity index (χ3v) is 6.48. The van der Waals surface area contributed by atoms with Crippen molar-refractivity contribution in [3.05, 3.63) is 13.8 Å². The fourth-order valence-electron chi connectivity index (χ4n) is 3.14. The maximum absolute atomic E-state index is 5.87. The second kappa shape index (κ2) is 12.0. The Bertz CT molecular complexity index is 396. The van der Waals surface area contributed by atoms with Gasteiger partial charge in [0.1, 0.15) is 0 Å². The van der Waals surface area contributed by atoms with Crippen LogP contribution < -0.4 is 0 Å². The summed E-state index contributed by atoms with van der Waals surface area (Å²) in [4.78, 5) is 0. The van der Waals surface area contributed by atoms with Gasteiger partial charge in [-0.15, -0.1) is 0 Å². The molecule has 7 heteroatoms. The Hall–Kier alpha value is 0.593. The molecule has 0 radical (unpaired) electrons. The molecule has 4 nitrogen and oxygen atoms in total. The molecule has 2 heterocycles. The zero-order valence-electron chi connectivity index (χ0n) is 20.6. The fourth-order valence-corrected chi connectivity index (χ4v) is 3.14. The average molecular weight is 460 g/mol. The summed E-state index contributed by atoms with van der Waals surface area (Å²) < 4.78 is 23.5. The second-order valence-electron chi connectivity index (χ2n) is 10.1. The Balaban J connectivity index is 0.000000523. The molecule has 0 amide bonds. The fraction of sp³-hybridized carbons (Fsp3) is 0.909. The number of unbranched alkanes of at least 4 members (excludes halogenated alkanes) is 4. The molecule has 0 N–H and O–H groups in total. The Kier molecular flexibility index (Phi) is 12.2. The minimum Gasteiger partial charge on any atom is -0.403 e. The van der Waals surface area contributed by atoms with E-state index in [2.05, 4.69) is 69.2 Å². The summed E-state index contributed by atoms with van der Waals surface area (Å²) in [5, 5.41) is 0. The summed E-state index contributed by atoms with van der Waals surface area (Å²) >= 11 is 0. The van der Waals surface area contributed by atoms with Crippen LogP contribution in [0, 0.1) is 13.8 Å². The first-order valence-corrected chi connectivity index (χ1v) is 11.1. The molecule has 0 aromatic carbocycles. The van der Waals surface area contributed by atoms with E-state index in [1.807, 2.05) is 0 Å². The van der Waals surface area contributed by atoms with Crippen molar-refractivity contribution < 1.29 is 38.1 Å². The molecule has 2 saturated heterocycles. The van der Waals surface area contributed by atoms with Gasteiger partial charge >= 0.3 is 33.7 Å². The first-order valence-electron chi connectivity index (χ1n) is 11.1. The van der Waals surface area contributed by atoms with Crippen molar-refractivity contribution >= 4 is 14.2 Å². The maximum Gasteiger partial charge on any atom is 2.00 e. The van der Waals surface area contributed by atoms with Gasteiger partial charge in [0.15, 0.2) is 0 Å². The van der Waals surface area contributed by atoms with Crippen molar-refractivity contribution in [3.8, 4) is 0 Å². The van der Waals surface area contributed by atoms with Gasteiger partial charge in [-0.2, -0.15) is 12.8 Å². The van der Waals surface area contributed by atoms with Crippen molar-refractivity contribution in [2.75, 3.05) is 0 Å². The first-order chi connectivity index (χ1) is 12.8. The van der Waals surface area contributed by atoms with Crippen LogP contribution in [0.25, 0.3) is 0 Å². The SMILES string of the molecule is [CH2-]CCCCB1OC(C)(C)C(C)(C)O1.[CH2-]CCCCB1OC(C)(C)C(C)(C)O1.[Zn+2]. The Morgan fingerprint density at radius 1 is 0.517 bits per heavy atom. The van der Waals surface area contributed by atoms with E-state index < -0.39 is 0 Å². The second-order valence-corrected chi connectivity index (χ2v) is 10.1. The van der Waals surface area contributed by atoms with Crippen LogP contribution in [0.1, 0.15) is 93.9 Å². The van der Waals surface area contributed by atoms with E-state index >= 15 is 0 Å². The van der Waals surface area contributed by atoms with Crippen LogP contribution >= 0.6 is 0 Å². The van der Waals surface area contributed by atoms with Gasteiger partial charge in [-0.25, -0.2) is 0 Å². The van der Waals surface area contributed by atoms with Gasteiger partial charge in [0, 0.05) is 0 Å². The van der Waals surface area contributed by atoms with Crippen LogP contribution in [0.4, 0.5) is 0 Å². The van der Waals surface area contributed by atoms with Crippen LogP contribution in [0.15, 0.2) is 0 Å². The molecule has 2 aliphatic heterocycles. The minimum absolute atomic E-state index is 0. The summed E-state index contributed by atoms with van der Waals surface area (Å²) in [6.07, 6.45) is 8.57. The summed E-state index contributed by atoms with van der Waals surface area (Å²) in [5.41, 5.74) is -0.714. The summed E-state index contributed by atoms with van der Waals surface area (Å²) in [6.45, 7) is 24.4. The van der Waals surface area contributed by atoms with Crippen molar-refractivity contribution in [3.63, 3.8) is 0 Å². The van der Waals surface area contributed by atoms with E-state index in [1.165, 1.54) is 0 Å². The van der Waals surface area contributed by atoms with Gasteiger partial charge in [0.05, 0.1) is 22.4 Å². The predicted molar refractivity (Wildman–Crippen MR) is 120 cm³/mol. The third kappa shape index (κ3) is 8.56. The molecule has 164 valence electrons. The largest absolute Gasteiger partial charge is 2.00 e. The van der Waals surface area contributed by atoms with Crippen LogP contribution in [0.5, 0.6) is 0 Å². The molecule has 29 heavy (non-hydrogen) atoms. The molecule has 2 rings (SSSR count). The topological polar surface area (TPSA) is 36.9 Å². The standard InChI is InChI=1S/2C11H22BO2.Zn/c2*1-6-7-8-9-12-13-10(2,3)11(4,5)14-12;/h2*1,6-9H2,2-5H3;/q2*-1;+2. The molecule has 2 fully saturated rings. The molecule has 0 aliphatic carbocycles. The van der Waals surface area contributed by atoms with Gasteiger partial charge < -0.3 is 32.5 Å². The Morgan fingerprint density at radius 2 is 0.759 bits per heavy atom. The van der Waals surface area contributed by atoms with Gasteiger partial charge in [-0.1, -0.05) is 25.7 Å². The number of hydrogen-bond donors (Lipinski definition) is 0. The molecule has 0 atom stereocenters. The molecule has 0 aromatic rings. The van der Waals surface area contributed by atoms with Gasteiger partial charge in [0.2, 0.25) is 0 Å². The van der Waals surface area contributed by atoms with E-state index in [0.29, 0.717) is 0 Å². The van der Waals surface area contributed by atoms with Crippen LogP contribution in [0.3, 0.4) is 0 Å². The van der Waals surface area contributed by atoms with Crippen molar-refractivity contribution in [2.24, 2.45) is 0 Å². The Morgan fingerprint density at radius 3 is 0.966 bits per heavy atom. The van der Waals surface area contributed by atoms with E-state index in [0.717, 1.165) is 51.2 Å². The zero-order valence-corrected chi connectivity index (χ0v) is 23.5. The minimum atomic E-state index is -0.178. The van der Waals surface area contributed by atoms with Crippen LogP contribution in [-0.4, -0.2) is 36.6 Å². The van der Waals surface area contributed by atoms with Crippen molar-refractivity contribution in [1.82, 2.24) is 0 Å². The summed E-state index contributed by atoms with van der Waals surface area (Å²) in [7, 11) is -0.0434. The quantitative estimate of drug-likeness (QED) is 0.247. The van der Waals surface area contributed by atoms with E-state index in [9.17, 15) is 0 Å². The summed E-state index contributed by atoms with van der Waals surface area (Å²) in [6, 6.07) is 0. The smallest absolute Gasteiger partial charge is 0.403 e. The summed E-state index contributed by atoms with van der Waals surface area (Å²) in [5.74, 6) is 0. The van der Waals surface area contributed by atoms with E-state index in [4.69, 9.17) is 18.6 Å². The molecule has 0 unspecified atom stereocenters. The molecular formula is C22H44B2O4Zn. The molecule has 0 bridgehead atoms. The molecule has 0 saturated carbocycles. The van der Waals surface area contributed by atoms with Crippen molar-refractivity contribution in [2.45, 2.75) is 129 Å². The van der Waals surface area contributed by atoms with Crippen molar-refractivity contribution in [1.29, 1.82) is 0 Å². The van der Waals surface area contributed by atoms with Gasteiger partial charge in [-0.3, -0.25) is 0 Å². The van der Waals surface area contributed by atoms with Gasteiger partial charge in [0.25, 0.3) is 0 Å². The van der Waals surface area contributed by atoms with E-state index in [1.54, 1.807) is 0 Å². The normalized spacial score (nSPS) is 23.4. The average Bonchev–Trinajstić information content (AvgIpc) is 2.87. The molecule has 0 spiro atoms. The maximum atomic E-state index is 5.87. The predicted octanol–water partition coefficient (Wildman–Crippen LogP) is 6.16. The van der Waals surface area contributed by atoms with E-state index in [-0.39, 0.29) is 56.1 Å². The zero-order chi connectivity index (χ0) is 21.6. The Labute approximate surface area is 195 Å². The molecular weight excluding hydrogens is 415 g/mol. The molecule has 0 aromatic heterocycles. The first kappa shape index (κ1) is 29.6. The number of hydrogen-bond acceptors (Lipinski definition) is 4. The third-order valence-electron chi connectivity index (χ3n) is 6.48. The number of rotatable bonds is 8. The van der Waals surface area contributed by atoms with Crippen LogP contribution in [0.2, 0.25) is 12.6 Å².